The SMILES string of the molecule is [2H]C([2H])([2H])OC1CCC2(CC1)Cc1ccc(Br)cc1C2NS(=O)C(C)(C)C. The van der Waals surface area contributed by atoms with Crippen molar-refractivity contribution in [3.8, 4) is 0 Å². The molecule has 0 aliphatic heterocycles. The van der Waals surface area contributed by atoms with E-state index in [1.165, 1.54) is 11.1 Å². The van der Waals surface area contributed by atoms with Crippen molar-refractivity contribution in [2.75, 3.05) is 7.04 Å². The summed E-state index contributed by atoms with van der Waals surface area (Å²) < 4.78 is 44.3. The second kappa shape index (κ2) is 6.82. The summed E-state index contributed by atoms with van der Waals surface area (Å²) in [7, 11) is -3.52. The van der Waals surface area contributed by atoms with Gasteiger partial charge in [-0.25, -0.2) is 8.93 Å². The Balaban J connectivity index is 1.85. The van der Waals surface area contributed by atoms with E-state index in [1.807, 2.05) is 20.8 Å². The summed E-state index contributed by atoms with van der Waals surface area (Å²) in [5.74, 6) is 0. The molecule has 0 radical (unpaired) electrons. The second-order valence-corrected chi connectivity index (χ2v) is 11.0. The van der Waals surface area contributed by atoms with Crippen LogP contribution in [0.15, 0.2) is 22.7 Å². The van der Waals surface area contributed by atoms with Gasteiger partial charge in [-0.2, -0.15) is 0 Å². The van der Waals surface area contributed by atoms with Crippen molar-refractivity contribution in [1.29, 1.82) is 0 Å². The van der Waals surface area contributed by atoms with Crippen LogP contribution < -0.4 is 4.72 Å². The Bertz CT molecular complexity index is 725. The zero-order valence-corrected chi connectivity index (χ0v) is 16.9. The van der Waals surface area contributed by atoms with Crippen molar-refractivity contribution >= 4 is 26.9 Å². The maximum absolute atomic E-state index is 12.9. The molecule has 0 aromatic heterocycles. The van der Waals surface area contributed by atoms with Crippen LogP contribution >= 0.6 is 15.9 Å². The molecule has 134 valence electrons. The number of ether oxygens (including phenoxy) is 1. The maximum Gasteiger partial charge on any atom is 0.0976 e. The van der Waals surface area contributed by atoms with Crippen LogP contribution in [0.25, 0.3) is 0 Å². The minimum absolute atomic E-state index is 0.00114. The van der Waals surface area contributed by atoms with Crippen LogP contribution in [-0.2, 0) is 22.1 Å². The third-order valence-electron chi connectivity index (χ3n) is 5.45. The molecule has 1 aromatic carbocycles. The molecule has 24 heavy (non-hydrogen) atoms. The van der Waals surface area contributed by atoms with E-state index in [-0.39, 0.29) is 22.3 Å². The molecule has 0 heterocycles. The van der Waals surface area contributed by atoms with Crippen LogP contribution in [0.4, 0.5) is 0 Å². The number of halogens is 1. The topological polar surface area (TPSA) is 38.3 Å². The standard InChI is InChI=1S/C19H28BrNO2S/c1-18(2,3)24(22)21-17-16-11-14(20)6-5-13(16)12-19(17)9-7-15(23-4)8-10-19/h5-6,11,15,17,21H,7-10,12H2,1-4H3/i4D3. The smallest absolute Gasteiger partial charge is 0.0976 e. The van der Waals surface area contributed by atoms with Gasteiger partial charge in [0, 0.05) is 11.5 Å². The predicted octanol–water partition coefficient (Wildman–Crippen LogP) is 4.67. The highest BCUT2D eigenvalue weighted by Gasteiger charge is 2.49. The van der Waals surface area contributed by atoms with E-state index in [2.05, 4.69) is 38.9 Å². The highest BCUT2D eigenvalue weighted by atomic mass is 79.9. The Morgan fingerprint density at radius 3 is 2.71 bits per heavy atom. The van der Waals surface area contributed by atoms with Crippen LogP contribution in [0, 0.1) is 5.41 Å². The number of benzene rings is 1. The molecule has 1 aromatic rings. The molecule has 0 amide bonds. The van der Waals surface area contributed by atoms with Gasteiger partial charge in [0.1, 0.15) is 0 Å². The first-order chi connectivity index (χ1) is 12.4. The average Bonchev–Trinajstić information content (AvgIpc) is 2.81. The van der Waals surface area contributed by atoms with Crippen LogP contribution in [-0.4, -0.2) is 22.1 Å². The minimum atomic E-state index is -2.34. The number of hydrogen-bond acceptors (Lipinski definition) is 2. The Labute approximate surface area is 160 Å². The fourth-order valence-electron chi connectivity index (χ4n) is 4.03. The molecule has 3 nitrogen and oxygen atoms in total. The normalized spacial score (nSPS) is 33.6. The highest BCUT2D eigenvalue weighted by molar-refractivity contribution is 9.10. The summed E-state index contributed by atoms with van der Waals surface area (Å²) in [6.45, 7) is 5.92. The van der Waals surface area contributed by atoms with E-state index < -0.39 is 18.0 Å². The van der Waals surface area contributed by atoms with Crippen molar-refractivity contribution in [2.24, 2.45) is 5.41 Å². The van der Waals surface area contributed by atoms with E-state index in [0.29, 0.717) is 12.8 Å². The molecule has 0 bridgehead atoms. The molecule has 1 N–H and O–H groups in total. The average molecular weight is 417 g/mol. The van der Waals surface area contributed by atoms with Crippen molar-refractivity contribution in [3.63, 3.8) is 0 Å². The van der Waals surface area contributed by atoms with Gasteiger partial charge < -0.3 is 4.74 Å². The van der Waals surface area contributed by atoms with Gasteiger partial charge in [0.15, 0.2) is 0 Å². The van der Waals surface area contributed by atoms with Gasteiger partial charge in [0.2, 0.25) is 0 Å². The van der Waals surface area contributed by atoms with Gasteiger partial charge in [-0.05, 0) is 81.5 Å². The van der Waals surface area contributed by atoms with Gasteiger partial charge >= 0.3 is 0 Å². The first kappa shape index (κ1) is 14.9. The van der Waals surface area contributed by atoms with Crippen molar-refractivity contribution < 1.29 is 13.1 Å². The molecule has 3 rings (SSSR count). The molecule has 2 aliphatic rings. The molecule has 1 spiro atoms. The summed E-state index contributed by atoms with van der Waals surface area (Å²) >= 11 is 3.57. The number of fused-ring (bicyclic) bond motifs is 1. The lowest BCUT2D eigenvalue weighted by molar-refractivity contribution is 0.0188. The number of hydrogen-bond donors (Lipinski definition) is 1. The largest absolute Gasteiger partial charge is 0.381 e. The van der Waals surface area contributed by atoms with E-state index in [4.69, 9.17) is 8.85 Å². The zero-order valence-electron chi connectivity index (χ0n) is 17.5. The van der Waals surface area contributed by atoms with Gasteiger partial charge in [-0.1, -0.05) is 22.0 Å². The fourth-order valence-corrected chi connectivity index (χ4v) is 5.35. The maximum atomic E-state index is 12.9. The molecule has 2 unspecified atom stereocenters. The van der Waals surface area contributed by atoms with E-state index in [1.54, 1.807) is 0 Å². The molecular formula is C19H28BrNO2S. The quantitative estimate of drug-likeness (QED) is 0.776. The van der Waals surface area contributed by atoms with Gasteiger partial charge in [-0.15, -0.1) is 0 Å². The Morgan fingerprint density at radius 1 is 1.38 bits per heavy atom. The lowest BCUT2D eigenvalue weighted by Gasteiger charge is -2.42. The fraction of sp³-hybridized carbons (Fsp3) is 0.684. The van der Waals surface area contributed by atoms with Crippen LogP contribution in [0.2, 0.25) is 0 Å². The third kappa shape index (κ3) is 3.50. The number of rotatable bonds is 3. The molecule has 1 saturated carbocycles. The molecule has 2 aliphatic carbocycles. The molecule has 1 fully saturated rings. The van der Waals surface area contributed by atoms with Crippen molar-refractivity contribution in [2.45, 2.75) is 69.8 Å². The van der Waals surface area contributed by atoms with E-state index >= 15 is 0 Å². The van der Waals surface area contributed by atoms with E-state index in [0.717, 1.165) is 23.7 Å². The molecule has 2 atom stereocenters. The molecular weight excluding hydrogens is 386 g/mol. The van der Waals surface area contributed by atoms with Crippen molar-refractivity contribution in [3.05, 3.63) is 33.8 Å². The van der Waals surface area contributed by atoms with Gasteiger partial charge in [0.05, 0.1) is 32.0 Å². The lowest BCUT2D eigenvalue weighted by Crippen LogP contribution is -2.44. The minimum Gasteiger partial charge on any atom is -0.381 e. The summed E-state index contributed by atoms with van der Waals surface area (Å²) in [6, 6.07) is 6.33. The molecule has 5 heteroatoms. The van der Waals surface area contributed by atoms with Gasteiger partial charge in [0.25, 0.3) is 0 Å². The Kier molecular flexibility index (Phi) is 4.23. The summed E-state index contributed by atoms with van der Waals surface area (Å²) in [6.07, 6.45) is 3.85. The van der Waals surface area contributed by atoms with E-state index in [9.17, 15) is 4.21 Å². The Hall–Kier alpha value is -0.230. The van der Waals surface area contributed by atoms with Crippen molar-refractivity contribution in [1.82, 2.24) is 4.72 Å². The summed E-state index contributed by atoms with van der Waals surface area (Å²) in [5, 5.41) is 0. The van der Waals surface area contributed by atoms with Crippen LogP contribution in [0.5, 0.6) is 0 Å². The number of nitrogens with one attached hydrogen (secondary N) is 1. The van der Waals surface area contributed by atoms with Crippen LogP contribution in [0.3, 0.4) is 0 Å². The monoisotopic (exact) mass is 416 g/mol. The zero-order chi connectivity index (χ0) is 20.0. The van der Waals surface area contributed by atoms with Crippen LogP contribution in [0.1, 0.15) is 67.7 Å². The highest BCUT2D eigenvalue weighted by Crippen LogP contribution is 2.55. The lowest BCUT2D eigenvalue weighted by atomic mass is 9.69. The first-order valence-electron chi connectivity index (χ1n) is 10.0. The third-order valence-corrected chi connectivity index (χ3v) is 7.51. The second-order valence-electron chi connectivity index (χ2n) is 8.13. The Morgan fingerprint density at radius 2 is 2.08 bits per heavy atom. The number of methoxy groups -OCH3 is 1. The predicted molar refractivity (Wildman–Crippen MR) is 103 cm³/mol. The summed E-state index contributed by atoms with van der Waals surface area (Å²) in [4.78, 5) is 0. The molecule has 0 saturated heterocycles. The van der Waals surface area contributed by atoms with Gasteiger partial charge in [-0.3, -0.25) is 0 Å². The summed E-state index contributed by atoms with van der Waals surface area (Å²) in [5.41, 5.74) is 2.45. The first-order valence-corrected chi connectivity index (χ1v) is 10.5.